The maximum absolute atomic E-state index is 12.5. The number of carbonyl (C=O) groups excluding carboxylic acids is 1. The average molecular weight is 371 g/mol. The topological polar surface area (TPSA) is 97.0 Å². The van der Waals surface area contributed by atoms with Gasteiger partial charge < -0.3 is 20.1 Å². The predicted molar refractivity (Wildman–Crippen MR) is 94.3 cm³/mol. The number of anilines is 1. The van der Waals surface area contributed by atoms with Gasteiger partial charge in [-0.15, -0.1) is 0 Å². The van der Waals surface area contributed by atoms with Crippen molar-refractivity contribution >= 4 is 21.6 Å². The van der Waals surface area contributed by atoms with Crippen molar-refractivity contribution in [3.05, 3.63) is 18.2 Å². The number of nitrogens with one attached hydrogen (secondary N) is 2. The highest BCUT2D eigenvalue weighted by molar-refractivity contribution is 7.89. The molecule has 1 aliphatic heterocycles. The summed E-state index contributed by atoms with van der Waals surface area (Å²) in [4.78, 5) is 12.2. The van der Waals surface area contributed by atoms with Gasteiger partial charge in [-0.05, 0) is 25.1 Å². The fourth-order valence-electron chi connectivity index (χ4n) is 2.45. The first-order chi connectivity index (χ1) is 11.8. The maximum Gasteiger partial charge on any atom is 0.246 e. The van der Waals surface area contributed by atoms with Crippen LogP contribution in [0.4, 0.5) is 5.69 Å². The summed E-state index contributed by atoms with van der Waals surface area (Å²) < 4.78 is 36.8. The van der Waals surface area contributed by atoms with Crippen molar-refractivity contribution in [2.75, 3.05) is 45.8 Å². The standard InChI is InChI=1S/C16H25N3O5S/c1-4-24-14-6-5-12(9-15(14)25(21,22)19(2)3)18-16(20)10-13-11-23-8-7-17-13/h5-6,9,13,17H,4,7-8,10-11H2,1-3H3,(H,18,20). The van der Waals surface area contributed by atoms with E-state index in [1.165, 1.54) is 20.2 Å². The Labute approximate surface area is 148 Å². The second kappa shape index (κ2) is 8.61. The van der Waals surface area contributed by atoms with E-state index in [4.69, 9.17) is 9.47 Å². The fraction of sp³-hybridized carbons (Fsp3) is 0.562. The van der Waals surface area contributed by atoms with E-state index in [0.717, 1.165) is 4.31 Å². The minimum atomic E-state index is -3.69. The number of hydrogen-bond acceptors (Lipinski definition) is 6. The van der Waals surface area contributed by atoms with Gasteiger partial charge in [0.05, 0.1) is 19.8 Å². The van der Waals surface area contributed by atoms with Crippen molar-refractivity contribution in [3.8, 4) is 5.75 Å². The quantitative estimate of drug-likeness (QED) is 0.731. The molecular formula is C16H25N3O5S. The molecule has 1 amide bonds. The van der Waals surface area contributed by atoms with Gasteiger partial charge in [0, 0.05) is 38.8 Å². The molecule has 1 heterocycles. The fourth-order valence-corrected chi connectivity index (χ4v) is 3.50. The highest BCUT2D eigenvalue weighted by Gasteiger charge is 2.24. The summed E-state index contributed by atoms with van der Waals surface area (Å²) in [6.07, 6.45) is 0.253. The second-order valence-corrected chi connectivity index (χ2v) is 7.98. The van der Waals surface area contributed by atoms with Crippen LogP contribution in [-0.4, -0.2) is 65.1 Å². The van der Waals surface area contributed by atoms with Crippen LogP contribution in [-0.2, 0) is 19.6 Å². The van der Waals surface area contributed by atoms with Crippen LogP contribution in [0.25, 0.3) is 0 Å². The third-order valence-corrected chi connectivity index (χ3v) is 5.55. The number of morpholine rings is 1. The zero-order valence-electron chi connectivity index (χ0n) is 14.7. The molecule has 1 aliphatic rings. The molecule has 2 rings (SSSR count). The van der Waals surface area contributed by atoms with Gasteiger partial charge in [0.15, 0.2) is 0 Å². The van der Waals surface area contributed by atoms with Crippen molar-refractivity contribution in [2.24, 2.45) is 0 Å². The van der Waals surface area contributed by atoms with Gasteiger partial charge in [-0.1, -0.05) is 0 Å². The van der Waals surface area contributed by atoms with Crippen molar-refractivity contribution in [2.45, 2.75) is 24.3 Å². The Morgan fingerprint density at radius 2 is 2.20 bits per heavy atom. The Morgan fingerprint density at radius 3 is 2.80 bits per heavy atom. The van der Waals surface area contributed by atoms with Crippen LogP contribution in [0.3, 0.4) is 0 Å². The molecule has 1 aromatic carbocycles. The molecule has 1 saturated heterocycles. The Morgan fingerprint density at radius 1 is 1.44 bits per heavy atom. The van der Waals surface area contributed by atoms with E-state index in [-0.39, 0.29) is 29.0 Å². The van der Waals surface area contributed by atoms with E-state index in [0.29, 0.717) is 32.1 Å². The molecular weight excluding hydrogens is 346 g/mol. The summed E-state index contributed by atoms with van der Waals surface area (Å²) in [5.74, 6) is 0.0527. The van der Waals surface area contributed by atoms with Gasteiger partial charge in [-0.2, -0.15) is 0 Å². The molecule has 1 fully saturated rings. The van der Waals surface area contributed by atoms with E-state index >= 15 is 0 Å². The molecule has 0 aliphatic carbocycles. The first-order valence-corrected chi connectivity index (χ1v) is 9.59. The zero-order chi connectivity index (χ0) is 18.4. The highest BCUT2D eigenvalue weighted by Crippen LogP contribution is 2.29. The molecule has 0 aromatic heterocycles. The maximum atomic E-state index is 12.5. The Bertz CT molecular complexity index is 700. The normalized spacial score (nSPS) is 18.2. The van der Waals surface area contributed by atoms with Crippen molar-refractivity contribution in [3.63, 3.8) is 0 Å². The van der Waals surface area contributed by atoms with E-state index in [9.17, 15) is 13.2 Å². The number of benzene rings is 1. The van der Waals surface area contributed by atoms with E-state index < -0.39 is 10.0 Å². The SMILES string of the molecule is CCOc1ccc(NC(=O)CC2COCCN2)cc1S(=O)(=O)N(C)C. The minimum absolute atomic E-state index is 0.0243. The molecule has 1 unspecified atom stereocenters. The summed E-state index contributed by atoms with van der Waals surface area (Å²) in [5, 5.41) is 5.94. The van der Waals surface area contributed by atoms with Crippen LogP contribution < -0.4 is 15.4 Å². The molecule has 0 spiro atoms. The lowest BCUT2D eigenvalue weighted by Crippen LogP contribution is -2.43. The molecule has 0 bridgehead atoms. The average Bonchev–Trinajstić information content (AvgIpc) is 2.57. The van der Waals surface area contributed by atoms with Crippen LogP contribution in [0.15, 0.2) is 23.1 Å². The van der Waals surface area contributed by atoms with E-state index in [1.807, 2.05) is 0 Å². The van der Waals surface area contributed by atoms with Crippen molar-refractivity contribution < 1.29 is 22.7 Å². The molecule has 1 aromatic rings. The van der Waals surface area contributed by atoms with Crippen molar-refractivity contribution in [1.29, 1.82) is 0 Å². The molecule has 9 heteroatoms. The monoisotopic (exact) mass is 371 g/mol. The lowest BCUT2D eigenvalue weighted by Gasteiger charge is -2.23. The predicted octanol–water partition coefficient (Wildman–Crippen LogP) is 0.653. The molecule has 25 heavy (non-hydrogen) atoms. The summed E-state index contributed by atoms with van der Waals surface area (Å²) in [5.41, 5.74) is 0.408. The number of rotatable bonds is 7. The van der Waals surface area contributed by atoms with E-state index in [2.05, 4.69) is 10.6 Å². The number of sulfonamides is 1. The number of nitrogens with zero attached hydrogens (tertiary/aromatic N) is 1. The number of carbonyl (C=O) groups is 1. The number of hydrogen-bond donors (Lipinski definition) is 2. The molecule has 0 radical (unpaired) electrons. The lowest BCUT2D eigenvalue weighted by atomic mass is 10.2. The smallest absolute Gasteiger partial charge is 0.246 e. The molecule has 2 N–H and O–H groups in total. The third-order valence-electron chi connectivity index (χ3n) is 3.72. The summed E-state index contributed by atoms with van der Waals surface area (Å²) in [6, 6.07) is 4.56. The first kappa shape index (κ1) is 19.6. The number of ether oxygens (including phenoxy) is 2. The molecule has 8 nitrogen and oxygen atoms in total. The Kier molecular flexibility index (Phi) is 6.77. The van der Waals surface area contributed by atoms with E-state index in [1.54, 1.807) is 19.1 Å². The molecule has 1 atom stereocenters. The largest absolute Gasteiger partial charge is 0.492 e. The molecule has 140 valence electrons. The van der Waals surface area contributed by atoms with Gasteiger partial charge in [0.1, 0.15) is 10.6 Å². The van der Waals surface area contributed by atoms with Gasteiger partial charge in [0.25, 0.3) is 0 Å². The zero-order valence-corrected chi connectivity index (χ0v) is 15.6. The van der Waals surface area contributed by atoms with Crippen LogP contribution in [0, 0.1) is 0 Å². The van der Waals surface area contributed by atoms with Gasteiger partial charge in [-0.25, -0.2) is 12.7 Å². The molecule has 0 saturated carbocycles. The van der Waals surface area contributed by atoms with Gasteiger partial charge in [-0.3, -0.25) is 4.79 Å². The Hall–Kier alpha value is -1.68. The van der Waals surface area contributed by atoms with Crippen LogP contribution in [0.5, 0.6) is 5.75 Å². The van der Waals surface area contributed by atoms with Crippen LogP contribution in [0.2, 0.25) is 0 Å². The summed E-state index contributed by atoms with van der Waals surface area (Å²) in [6.45, 7) is 3.96. The third kappa shape index (κ3) is 5.15. The van der Waals surface area contributed by atoms with Gasteiger partial charge in [0.2, 0.25) is 15.9 Å². The summed E-state index contributed by atoms with van der Waals surface area (Å²) >= 11 is 0. The number of amides is 1. The minimum Gasteiger partial charge on any atom is -0.492 e. The Balaban J connectivity index is 2.17. The first-order valence-electron chi connectivity index (χ1n) is 8.15. The lowest BCUT2D eigenvalue weighted by molar-refractivity contribution is -0.117. The van der Waals surface area contributed by atoms with Crippen LogP contribution in [0.1, 0.15) is 13.3 Å². The van der Waals surface area contributed by atoms with Crippen molar-refractivity contribution in [1.82, 2.24) is 9.62 Å². The van der Waals surface area contributed by atoms with Crippen LogP contribution >= 0.6 is 0 Å². The summed E-state index contributed by atoms with van der Waals surface area (Å²) in [7, 11) is -0.792. The highest BCUT2D eigenvalue weighted by atomic mass is 32.2. The van der Waals surface area contributed by atoms with Gasteiger partial charge >= 0.3 is 0 Å². The second-order valence-electron chi connectivity index (χ2n) is 5.86.